The zero-order valence-electron chi connectivity index (χ0n) is 12.1. The molecule has 108 valence electrons. The van der Waals surface area contributed by atoms with Crippen LogP contribution in [0.15, 0.2) is 0 Å². The summed E-state index contributed by atoms with van der Waals surface area (Å²) in [6, 6.07) is 1.31. The smallest absolute Gasteiger partial charge is 0.320 e. The second kappa shape index (κ2) is 5.70. The molecule has 4 heteroatoms. The minimum Gasteiger partial charge on any atom is -0.325 e. The molecule has 2 atom stereocenters. The van der Waals surface area contributed by atoms with Crippen LogP contribution in [0.2, 0.25) is 0 Å². The number of hydrogen-bond donors (Lipinski definition) is 1. The van der Waals surface area contributed by atoms with E-state index in [1.165, 1.54) is 38.5 Å². The molecule has 0 aromatic heterocycles. The molecule has 0 spiro atoms. The number of carbonyl (C=O) groups is 1. The molecule has 0 saturated carbocycles. The minimum absolute atomic E-state index is 0.308. The number of urea groups is 1. The minimum atomic E-state index is 0.308. The number of amides is 2. The summed E-state index contributed by atoms with van der Waals surface area (Å²) in [6.45, 7) is 6.31. The second-order valence-corrected chi connectivity index (χ2v) is 6.56. The molecule has 4 nitrogen and oxygen atoms in total. The van der Waals surface area contributed by atoms with Gasteiger partial charge in [-0.15, -0.1) is 0 Å². The van der Waals surface area contributed by atoms with Crippen molar-refractivity contribution in [2.75, 3.05) is 26.2 Å². The molecule has 3 fully saturated rings. The molecule has 3 heterocycles. The highest BCUT2D eigenvalue weighted by Gasteiger charge is 2.38. The molecule has 1 N–H and O–H groups in total. The fourth-order valence-corrected chi connectivity index (χ4v) is 3.87. The fourth-order valence-electron chi connectivity index (χ4n) is 3.87. The predicted octanol–water partition coefficient (Wildman–Crippen LogP) is 2.05. The molecule has 3 rings (SSSR count). The predicted molar refractivity (Wildman–Crippen MR) is 76.1 cm³/mol. The van der Waals surface area contributed by atoms with Gasteiger partial charge in [-0.25, -0.2) is 4.79 Å². The van der Waals surface area contributed by atoms with E-state index >= 15 is 0 Å². The van der Waals surface area contributed by atoms with Gasteiger partial charge in [-0.05, 0) is 51.0 Å². The Morgan fingerprint density at radius 1 is 1.05 bits per heavy atom. The Kier molecular flexibility index (Phi) is 3.96. The highest BCUT2D eigenvalue weighted by atomic mass is 16.2. The number of nitrogens with zero attached hydrogens (tertiary/aromatic N) is 2. The third kappa shape index (κ3) is 2.73. The topological polar surface area (TPSA) is 35.6 Å². The maximum absolute atomic E-state index is 12.7. The van der Waals surface area contributed by atoms with Crippen molar-refractivity contribution >= 4 is 6.03 Å². The van der Waals surface area contributed by atoms with Gasteiger partial charge in [-0.3, -0.25) is 0 Å². The van der Waals surface area contributed by atoms with E-state index in [0.29, 0.717) is 18.1 Å². The first kappa shape index (κ1) is 13.2. The summed E-state index contributed by atoms with van der Waals surface area (Å²) < 4.78 is 0. The SMILES string of the molecule is CC1CCN(C(=O)N2CCCC2C2CCCN2)CC1. The number of rotatable bonds is 1. The summed E-state index contributed by atoms with van der Waals surface area (Å²) in [5.74, 6) is 0.787. The van der Waals surface area contributed by atoms with Crippen LogP contribution in [0.1, 0.15) is 45.4 Å². The maximum atomic E-state index is 12.7. The third-order valence-corrected chi connectivity index (χ3v) is 5.16. The lowest BCUT2D eigenvalue weighted by Gasteiger charge is -2.37. The van der Waals surface area contributed by atoms with Crippen LogP contribution in [0.3, 0.4) is 0 Å². The Balaban J connectivity index is 1.61. The van der Waals surface area contributed by atoms with E-state index in [0.717, 1.165) is 32.1 Å². The molecular formula is C15H27N3O. The lowest BCUT2D eigenvalue weighted by Crippen LogP contribution is -2.52. The summed E-state index contributed by atoms with van der Waals surface area (Å²) >= 11 is 0. The Labute approximate surface area is 116 Å². The monoisotopic (exact) mass is 265 g/mol. The van der Waals surface area contributed by atoms with Gasteiger partial charge in [-0.2, -0.15) is 0 Å². The Hall–Kier alpha value is -0.770. The molecule has 3 saturated heterocycles. The largest absolute Gasteiger partial charge is 0.325 e. The zero-order valence-corrected chi connectivity index (χ0v) is 12.1. The standard InChI is InChI=1S/C15H27N3O/c1-12-6-10-17(11-7-12)15(19)18-9-3-5-14(18)13-4-2-8-16-13/h12-14,16H,2-11H2,1H3. The van der Waals surface area contributed by atoms with Crippen LogP contribution in [0.5, 0.6) is 0 Å². The average molecular weight is 265 g/mol. The summed E-state index contributed by atoms with van der Waals surface area (Å²) in [5, 5.41) is 3.58. The maximum Gasteiger partial charge on any atom is 0.320 e. The normalized spacial score (nSPS) is 33.1. The summed E-state index contributed by atoms with van der Waals surface area (Å²) in [6.07, 6.45) is 7.22. The molecule has 3 aliphatic rings. The number of likely N-dealkylation sites (tertiary alicyclic amines) is 2. The molecule has 0 aliphatic carbocycles. The molecular weight excluding hydrogens is 238 g/mol. The molecule has 2 unspecified atom stereocenters. The van der Waals surface area contributed by atoms with Crippen molar-refractivity contribution < 1.29 is 4.79 Å². The zero-order chi connectivity index (χ0) is 13.2. The van der Waals surface area contributed by atoms with Crippen LogP contribution in [0.25, 0.3) is 0 Å². The lowest BCUT2D eigenvalue weighted by atomic mass is 9.99. The Morgan fingerprint density at radius 2 is 1.84 bits per heavy atom. The van der Waals surface area contributed by atoms with Crippen molar-refractivity contribution in [2.24, 2.45) is 5.92 Å². The van der Waals surface area contributed by atoms with Gasteiger partial charge in [0.15, 0.2) is 0 Å². The van der Waals surface area contributed by atoms with Crippen molar-refractivity contribution in [1.29, 1.82) is 0 Å². The van der Waals surface area contributed by atoms with Gasteiger partial charge in [0.1, 0.15) is 0 Å². The van der Waals surface area contributed by atoms with Crippen molar-refractivity contribution in [2.45, 2.75) is 57.5 Å². The van der Waals surface area contributed by atoms with E-state index in [1.807, 2.05) is 0 Å². The van der Waals surface area contributed by atoms with Crippen LogP contribution >= 0.6 is 0 Å². The van der Waals surface area contributed by atoms with Crippen LogP contribution in [0, 0.1) is 5.92 Å². The first-order chi connectivity index (χ1) is 9.25. The Morgan fingerprint density at radius 3 is 2.53 bits per heavy atom. The van der Waals surface area contributed by atoms with Crippen LogP contribution in [-0.4, -0.2) is 54.1 Å². The lowest BCUT2D eigenvalue weighted by molar-refractivity contribution is 0.124. The summed E-state index contributed by atoms with van der Waals surface area (Å²) in [7, 11) is 0. The molecule has 0 bridgehead atoms. The van der Waals surface area contributed by atoms with Gasteiger partial charge in [0.05, 0.1) is 0 Å². The highest BCUT2D eigenvalue weighted by molar-refractivity contribution is 5.75. The molecule has 2 amide bonds. The first-order valence-electron chi connectivity index (χ1n) is 8.04. The van der Waals surface area contributed by atoms with Gasteiger partial charge >= 0.3 is 6.03 Å². The highest BCUT2D eigenvalue weighted by Crippen LogP contribution is 2.27. The fraction of sp³-hybridized carbons (Fsp3) is 0.933. The Bertz CT molecular complexity index is 319. The van der Waals surface area contributed by atoms with E-state index in [-0.39, 0.29) is 0 Å². The number of hydrogen-bond acceptors (Lipinski definition) is 2. The van der Waals surface area contributed by atoms with Crippen LogP contribution in [0.4, 0.5) is 4.79 Å². The van der Waals surface area contributed by atoms with Gasteiger partial charge < -0.3 is 15.1 Å². The first-order valence-corrected chi connectivity index (χ1v) is 8.04. The summed E-state index contributed by atoms with van der Waals surface area (Å²) in [4.78, 5) is 17.0. The van der Waals surface area contributed by atoms with Crippen molar-refractivity contribution in [1.82, 2.24) is 15.1 Å². The summed E-state index contributed by atoms with van der Waals surface area (Å²) in [5.41, 5.74) is 0. The van der Waals surface area contributed by atoms with Gasteiger partial charge in [-0.1, -0.05) is 6.92 Å². The van der Waals surface area contributed by atoms with Crippen molar-refractivity contribution in [3.05, 3.63) is 0 Å². The quantitative estimate of drug-likeness (QED) is 0.787. The van der Waals surface area contributed by atoms with Crippen LogP contribution in [-0.2, 0) is 0 Å². The number of carbonyl (C=O) groups excluding carboxylic acids is 1. The van der Waals surface area contributed by atoms with E-state index in [2.05, 4.69) is 22.0 Å². The number of piperidine rings is 1. The molecule has 19 heavy (non-hydrogen) atoms. The second-order valence-electron chi connectivity index (χ2n) is 6.56. The van der Waals surface area contributed by atoms with E-state index < -0.39 is 0 Å². The average Bonchev–Trinajstić information content (AvgIpc) is 3.09. The van der Waals surface area contributed by atoms with E-state index in [4.69, 9.17) is 0 Å². The van der Waals surface area contributed by atoms with E-state index in [9.17, 15) is 4.79 Å². The van der Waals surface area contributed by atoms with Gasteiger partial charge in [0, 0.05) is 31.7 Å². The molecule has 0 aromatic rings. The van der Waals surface area contributed by atoms with E-state index in [1.54, 1.807) is 0 Å². The van der Waals surface area contributed by atoms with Gasteiger partial charge in [0.2, 0.25) is 0 Å². The van der Waals surface area contributed by atoms with Crippen molar-refractivity contribution in [3.8, 4) is 0 Å². The van der Waals surface area contributed by atoms with Crippen molar-refractivity contribution in [3.63, 3.8) is 0 Å². The third-order valence-electron chi connectivity index (χ3n) is 5.16. The van der Waals surface area contributed by atoms with Gasteiger partial charge in [0.25, 0.3) is 0 Å². The molecule has 0 radical (unpaired) electrons. The number of nitrogens with one attached hydrogen (secondary N) is 1. The van der Waals surface area contributed by atoms with Crippen LogP contribution < -0.4 is 5.32 Å². The molecule has 0 aromatic carbocycles. The molecule has 3 aliphatic heterocycles.